The van der Waals surface area contributed by atoms with Gasteiger partial charge in [-0.15, -0.1) is 0 Å². The zero-order valence-electron chi connectivity index (χ0n) is 20.2. The molecule has 1 aliphatic rings. The fraction of sp³-hybridized carbons (Fsp3) is 0.200. The summed E-state index contributed by atoms with van der Waals surface area (Å²) < 4.78 is 16.6. The monoisotopic (exact) mass is 481 g/mol. The van der Waals surface area contributed by atoms with Gasteiger partial charge >= 0.3 is 0 Å². The lowest BCUT2D eigenvalue weighted by atomic mass is 9.97. The number of carbonyl (C=O) groups is 2. The van der Waals surface area contributed by atoms with Crippen LogP contribution in [0.15, 0.2) is 97.2 Å². The Labute approximate surface area is 210 Å². The molecule has 0 radical (unpaired) electrons. The molecule has 0 aliphatic carbocycles. The first-order chi connectivity index (χ1) is 17.6. The van der Waals surface area contributed by atoms with Crippen LogP contribution in [0.25, 0.3) is 5.69 Å². The number of anilines is 1. The topological polar surface area (TPSA) is 45.6 Å². The van der Waals surface area contributed by atoms with Gasteiger partial charge in [0.25, 0.3) is 5.91 Å². The van der Waals surface area contributed by atoms with Gasteiger partial charge < -0.3 is 9.47 Å². The number of hydrogen-bond acceptors (Lipinski definition) is 2. The Morgan fingerprint density at radius 3 is 2.31 bits per heavy atom. The third-order valence-corrected chi connectivity index (χ3v) is 6.60. The number of halogens is 1. The second-order valence-corrected chi connectivity index (χ2v) is 8.93. The molecule has 0 saturated heterocycles. The Kier molecular flexibility index (Phi) is 6.67. The van der Waals surface area contributed by atoms with Crippen molar-refractivity contribution >= 4 is 17.5 Å². The van der Waals surface area contributed by atoms with Crippen molar-refractivity contribution in [1.82, 2.24) is 9.47 Å². The van der Waals surface area contributed by atoms with Crippen molar-refractivity contribution in [3.8, 4) is 5.69 Å². The van der Waals surface area contributed by atoms with Crippen molar-refractivity contribution in [2.75, 3.05) is 18.0 Å². The van der Waals surface area contributed by atoms with Crippen LogP contribution in [0.3, 0.4) is 0 Å². The number of benzene rings is 3. The lowest BCUT2D eigenvalue weighted by Crippen LogP contribution is -2.47. The minimum Gasteiger partial charge on any atom is -0.329 e. The fourth-order valence-corrected chi connectivity index (χ4v) is 4.86. The molecule has 1 aliphatic heterocycles. The maximum atomic E-state index is 14.5. The van der Waals surface area contributed by atoms with Crippen LogP contribution in [0.1, 0.15) is 47.4 Å². The standard InChI is InChI=1S/C30H28FN3O2/c1-2-3-19-32(30(36)23-14-7-8-15-24(23)31)21-28(35)34-26-17-10-9-16-25(26)33-20-11-18-27(33)29(34)22-12-5-4-6-13-22/h4-18,20,29H,2-3,19,21H2,1H3. The van der Waals surface area contributed by atoms with Crippen LogP contribution < -0.4 is 4.90 Å². The Hall–Kier alpha value is -4.19. The van der Waals surface area contributed by atoms with Gasteiger partial charge in [0.05, 0.1) is 22.6 Å². The molecular formula is C30H28FN3O2. The third kappa shape index (κ3) is 4.31. The van der Waals surface area contributed by atoms with Crippen molar-refractivity contribution in [2.45, 2.75) is 25.8 Å². The first kappa shape index (κ1) is 23.5. The molecule has 3 aromatic carbocycles. The number of aromatic nitrogens is 1. The van der Waals surface area contributed by atoms with Crippen molar-refractivity contribution < 1.29 is 14.0 Å². The van der Waals surface area contributed by atoms with E-state index in [1.54, 1.807) is 17.0 Å². The van der Waals surface area contributed by atoms with E-state index in [0.29, 0.717) is 6.54 Å². The molecule has 36 heavy (non-hydrogen) atoms. The minimum atomic E-state index is -0.584. The highest BCUT2D eigenvalue weighted by atomic mass is 19.1. The summed E-state index contributed by atoms with van der Waals surface area (Å²) >= 11 is 0. The summed E-state index contributed by atoms with van der Waals surface area (Å²) in [4.78, 5) is 30.7. The number of fused-ring (bicyclic) bond motifs is 3. The summed E-state index contributed by atoms with van der Waals surface area (Å²) in [5.74, 6) is -1.27. The molecule has 1 unspecified atom stereocenters. The van der Waals surface area contributed by atoms with Crippen LogP contribution in [0.4, 0.5) is 10.1 Å². The van der Waals surface area contributed by atoms with Crippen molar-refractivity contribution in [3.63, 3.8) is 0 Å². The Bertz CT molecular complexity index is 1380. The molecule has 182 valence electrons. The lowest BCUT2D eigenvalue weighted by molar-refractivity contribution is -0.119. The Balaban J connectivity index is 1.55. The normalized spacial score (nSPS) is 14.2. The Morgan fingerprint density at radius 2 is 1.56 bits per heavy atom. The van der Waals surface area contributed by atoms with Gasteiger partial charge in [0.2, 0.25) is 5.91 Å². The van der Waals surface area contributed by atoms with Crippen LogP contribution in [-0.2, 0) is 4.79 Å². The van der Waals surface area contributed by atoms with E-state index in [1.807, 2.05) is 79.9 Å². The van der Waals surface area contributed by atoms with Crippen molar-refractivity contribution in [2.24, 2.45) is 0 Å². The number of para-hydroxylation sites is 2. The molecule has 1 atom stereocenters. The van der Waals surface area contributed by atoms with Gasteiger partial charge in [-0.3, -0.25) is 14.5 Å². The predicted octanol–water partition coefficient (Wildman–Crippen LogP) is 5.99. The van der Waals surface area contributed by atoms with E-state index in [0.717, 1.165) is 35.5 Å². The van der Waals surface area contributed by atoms with Crippen LogP contribution in [0.5, 0.6) is 0 Å². The number of unbranched alkanes of at least 4 members (excludes halogenated alkanes) is 1. The molecule has 0 bridgehead atoms. The van der Waals surface area contributed by atoms with E-state index in [-0.39, 0.29) is 24.1 Å². The van der Waals surface area contributed by atoms with E-state index < -0.39 is 11.7 Å². The maximum absolute atomic E-state index is 14.5. The SMILES string of the molecule is CCCCN(CC(=O)N1c2ccccc2-n2cccc2C1c1ccccc1)C(=O)c1ccccc1F. The van der Waals surface area contributed by atoms with Crippen LogP contribution in [0.2, 0.25) is 0 Å². The van der Waals surface area contributed by atoms with Gasteiger partial charge in [0, 0.05) is 12.7 Å². The number of nitrogens with zero attached hydrogens (tertiary/aromatic N) is 3. The molecule has 0 spiro atoms. The van der Waals surface area contributed by atoms with E-state index >= 15 is 0 Å². The van der Waals surface area contributed by atoms with Gasteiger partial charge in [0.1, 0.15) is 18.4 Å². The number of hydrogen-bond donors (Lipinski definition) is 0. The van der Waals surface area contributed by atoms with Crippen molar-refractivity contribution in [1.29, 1.82) is 0 Å². The largest absolute Gasteiger partial charge is 0.329 e. The third-order valence-electron chi connectivity index (χ3n) is 6.60. The summed E-state index contributed by atoms with van der Waals surface area (Å²) in [7, 11) is 0. The smallest absolute Gasteiger partial charge is 0.257 e. The number of rotatable bonds is 7. The van der Waals surface area contributed by atoms with Crippen molar-refractivity contribution in [3.05, 3.63) is 120 Å². The molecule has 1 aromatic heterocycles. The first-order valence-corrected chi connectivity index (χ1v) is 12.3. The second kappa shape index (κ2) is 10.2. The van der Waals surface area contributed by atoms with Crippen LogP contribution in [-0.4, -0.2) is 34.4 Å². The van der Waals surface area contributed by atoms with Gasteiger partial charge in [-0.05, 0) is 48.4 Å². The quantitative estimate of drug-likeness (QED) is 0.325. The lowest BCUT2D eigenvalue weighted by Gasteiger charge is -2.39. The van der Waals surface area contributed by atoms with Gasteiger partial charge in [-0.2, -0.15) is 0 Å². The summed E-state index contributed by atoms with van der Waals surface area (Å²) in [5, 5.41) is 0. The fourth-order valence-electron chi connectivity index (χ4n) is 4.86. The zero-order chi connectivity index (χ0) is 25.1. The first-order valence-electron chi connectivity index (χ1n) is 12.3. The summed E-state index contributed by atoms with van der Waals surface area (Å²) in [6.45, 7) is 2.25. The minimum absolute atomic E-state index is 0.0195. The van der Waals surface area contributed by atoms with E-state index in [4.69, 9.17) is 0 Å². The zero-order valence-corrected chi connectivity index (χ0v) is 20.2. The predicted molar refractivity (Wildman–Crippen MR) is 139 cm³/mol. The molecule has 6 heteroatoms. The highest BCUT2D eigenvalue weighted by molar-refractivity contribution is 6.02. The maximum Gasteiger partial charge on any atom is 0.257 e. The number of amides is 2. The molecular weight excluding hydrogens is 453 g/mol. The average molecular weight is 482 g/mol. The van der Waals surface area contributed by atoms with E-state index in [2.05, 4.69) is 4.57 Å². The molecule has 5 nitrogen and oxygen atoms in total. The highest BCUT2D eigenvalue weighted by Crippen LogP contribution is 2.42. The van der Waals surface area contributed by atoms with Gasteiger partial charge in [-0.25, -0.2) is 4.39 Å². The number of carbonyl (C=O) groups excluding carboxylic acids is 2. The average Bonchev–Trinajstić information content (AvgIpc) is 3.40. The Morgan fingerprint density at radius 1 is 0.861 bits per heavy atom. The molecule has 0 saturated carbocycles. The molecule has 0 N–H and O–H groups in total. The molecule has 5 rings (SSSR count). The second-order valence-electron chi connectivity index (χ2n) is 8.93. The summed E-state index contributed by atoms with van der Waals surface area (Å²) in [5.41, 5.74) is 3.59. The molecule has 2 heterocycles. The van der Waals surface area contributed by atoms with Crippen LogP contribution in [0, 0.1) is 5.82 Å². The summed E-state index contributed by atoms with van der Waals surface area (Å²) in [6, 6.07) is 27.2. The highest BCUT2D eigenvalue weighted by Gasteiger charge is 2.37. The van der Waals surface area contributed by atoms with Crippen LogP contribution >= 0.6 is 0 Å². The molecule has 4 aromatic rings. The summed E-state index contributed by atoms with van der Waals surface area (Å²) in [6.07, 6.45) is 3.57. The van der Waals surface area contributed by atoms with E-state index in [1.165, 1.54) is 17.0 Å². The molecule has 0 fully saturated rings. The van der Waals surface area contributed by atoms with Gasteiger partial charge in [0.15, 0.2) is 0 Å². The van der Waals surface area contributed by atoms with Gasteiger partial charge in [-0.1, -0.05) is 67.9 Å². The molecule has 2 amide bonds. The van der Waals surface area contributed by atoms with E-state index in [9.17, 15) is 14.0 Å².